The van der Waals surface area contributed by atoms with Gasteiger partial charge >= 0.3 is 6.09 Å². The van der Waals surface area contributed by atoms with Crippen molar-refractivity contribution in [1.29, 1.82) is 0 Å². The number of amides is 1. The maximum Gasteiger partial charge on any atom is 0.410 e. The predicted octanol–water partition coefficient (Wildman–Crippen LogP) is 2.39. The van der Waals surface area contributed by atoms with Crippen LogP contribution >= 0.6 is 0 Å². The average molecular weight is 291 g/mol. The van der Waals surface area contributed by atoms with Gasteiger partial charge in [0.25, 0.3) is 0 Å². The fourth-order valence-electron chi connectivity index (χ4n) is 2.08. The van der Waals surface area contributed by atoms with Crippen molar-refractivity contribution in [2.24, 2.45) is 0 Å². The highest BCUT2D eigenvalue weighted by Crippen LogP contribution is 2.27. The first-order valence-electron chi connectivity index (χ1n) is 6.99. The molecule has 0 bridgehead atoms. The van der Waals surface area contributed by atoms with Gasteiger partial charge in [0.15, 0.2) is 5.67 Å². The number of likely N-dealkylation sites (tertiary alicyclic amines) is 1. The number of carbonyl (C=O) groups is 1. The number of carbonyl (C=O) groups excluding carboxylic acids is 1. The van der Waals surface area contributed by atoms with Crippen LogP contribution < -0.4 is 0 Å². The van der Waals surface area contributed by atoms with Crippen LogP contribution in [0.3, 0.4) is 0 Å². The van der Waals surface area contributed by atoms with Crippen LogP contribution in [0, 0.1) is 0 Å². The molecule has 0 saturated carbocycles. The van der Waals surface area contributed by atoms with Crippen molar-refractivity contribution in [3.05, 3.63) is 0 Å². The van der Waals surface area contributed by atoms with E-state index in [4.69, 9.17) is 14.2 Å². The maximum atomic E-state index is 14.6. The molecule has 0 radical (unpaired) electrons. The molecule has 0 aliphatic carbocycles. The third-order valence-electron chi connectivity index (χ3n) is 2.97. The highest BCUT2D eigenvalue weighted by Gasteiger charge is 2.38. The summed E-state index contributed by atoms with van der Waals surface area (Å²) < 4.78 is 30.0. The first-order chi connectivity index (χ1) is 9.26. The van der Waals surface area contributed by atoms with E-state index in [1.54, 1.807) is 27.9 Å². The molecule has 1 fully saturated rings. The van der Waals surface area contributed by atoms with E-state index >= 15 is 0 Å². The fourth-order valence-corrected chi connectivity index (χ4v) is 2.08. The van der Waals surface area contributed by atoms with E-state index in [2.05, 4.69) is 0 Å². The highest BCUT2D eigenvalue weighted by molar-refractivity contribution is 5.68. The predicted molar refractivity (Wildman–Crippen MR) is 73.6 cm³/mol. The molecule has 0 aromatic heterocycles. The lowest BCUT2D eigenvalue weighted by molar-refractivity contribution is -0.0485. The number of rotatable bonds is 5. The van der Waals surface area contributed by atoms with Crippen LogP contribution in [-0.4, -0.2) is 62.3 Å². The molecule has 1 rings (SSSR count). The van der Waals surface area contributed by atoms with Gasteiger partial charge in [0, 0.05) is 13.7 Å². The van der Waals surface area contributed by atoms with Crippen molar-refractivity contribution in [3.8, 4) is 0 Å². The Morgan fingerprint density at radius 3 is 2.65 bits per heavy atom. The zero-order valence-electron chi connectivity index (χ0n) is 12.9. The second-order valence-electron chi connectivity index (χ2n) is 6.20. The molecule has 20 heavy (non-hydrogen) atoms. The summed E-state index contributed by atoms with van der Waals surface area (Å²) in [6.45, 7) is 6.71. The Morgan fingerprint density at radius 1 is 1.35 bits per heavy atom. The normalized spacial score (nSPS) is 23.8. The summed E-state index contributed by atoms with van der Waals surface area (Å²) in [5.41, 5.74) is -2.06. The minimum absolute atomic E-state index is 0.0182. The smallest absolute Gasteiger partial charge is 0.410 e. The minimum Gasteiger partial charge on any atom is -0.444 e. The minimum atomic E-state index is -1.50. The number of halogens is 1. The van der Waals surface area contributed by atoms with Crippen LogP contribution in [0.1, 0.15) is 33.6 Å². The van der Waals surface area contributed by atoms with Gasteiger partial charge in [0.1, 0.15) is 5.60 Å². The van der Waals surface area contributed by atoms with E-state index in [1.807, 2.05) is 0 Å². The van der Waals surface area contributed by atoms with Gasteiger partial charge in [-0.05, 0) is 33.6 Å². The summed E-state index contributed by atoms with van der Waals surface area (Å²) in [5.74, 6) is 0. The highest BCUT2D eigenvalue weighted by atomic mass is 19.1. The molecular weight excluding hydrogens is 265 g/mol. The molecule has 1 unspecified atom stereocenters. The van der Waals surface area contributed by atoms with Crippen molar-refractivity contribution in [2.45, 2.75) is 44.9 Å². The zero-order chi connectivity index (χ0) is 15.2. The summed E-state index contributed by atoms with van der Waals surface area (Å²) in [6.07, 6.45) is 0.555. The first kappa shape index (κ1) is 17.2. The molecule has 6 heteroatoms. The standard InChI is InChI=1S/C14H26FNO4/c1-13(2,3)20-12(17)16-7-5-6-14(15,10-16)11-19-9-8-18-4/h5-11H2,1-4H3. The maximum absolute atomic E-state index is 14.6. The molecule has 1 amide bonds. The molecule has 0 aromatic rings. The summed E-state index contributed by atoms with van der Waals surface area (Å²) >= 11 is 0. The van der Waals surface area contributed by atoms with Crippen molar-refractivity contribution in [3.63, 3.8) is 0 Å². The van der Waals surface area contributed by atoms with Crippen molar-refractivity contribution < 1.29 is 23.4 Å². The van der Waals surface area contributed by atoms with Crippen LogP contribution in [0.4, 0.5) is 9.18 Å². The average Bonchev–Trinajstić information content (AvgIpc) is 2.33. The summed E-state index contributed by atoms with van der Waals surface area (Å²) in [5, 5.41) is 0. The van der Waals surface area contributed by atoms with Crippen LogP contribution in [0.25, 0.3) is 0 Å². The van der Waals surface area contributed by atoms with Gasteiger partial charge in [0.2, 0.25) is 0 Å². The van der Waals surface area contributed by atoms with Crippen molar-refractivity contribution >= 4 is 6.09 Å². The number of piperidine rings is 1. The monoisotopic (exact) mass is 291 g/mol. The van der Waals surface area contributed by atoms with E-state index in [0.717, 1.165) is 0 Å². The third-order valence-corrected chi connectivity index (χ3v) is 2.97. The molecule has 1 aliphatic rings. The van der Waals surface area contributed by atoms with Gasteiger partial charge in [-0.2, -0.15) is 0 Å². The van der Waals surface area contributed by atoms with Gasteiger partial charge < -0.3 is 19.1 Å². The molecule has 0 aromatic carbocycles. The SMILES string of the molecule is COCCOCC1(F)CCCN(C(=O)OC(C)(C)C)C1. The second-order valence-corrected chi connectivity index (χ2v) is 6.20. The lowest BCUT2D eigenvalue weighted by atomic mass is 9.96. The first-order valence-corrected chi connectivity index (χ1v) is 6.99. The number of methoxy groups -OCH3 is 1. The van der Waals surface area contributed by atoms with Crippen LogP contribution in [-0.2, 0) is 14.2 Å². The third kappa shape index (κ3) is 6.05. The van der Waals surface area contributed by atoms with E-state index in [0.29, 0.717) is 32.6 Å². The number of hydrogen-bond donors (Lipinski definition) is 0. The van der Waals surface area contributed by atoms with Gasteiger partial charge in [-0.25, -0.2) is 9.18 Å². The largest absolute Gasteiger partial charge is 0.444 e. The van der Waals surface area contributed by atoms with E-state index in [1.165, 1.54) is 4.90 Å². The Labute approximate surface area is 120 Å². The molecule has 0 spiro atoms. The van der Waals surface area contributed by atoms with E-state index in [9.17, 15) is 9.18 Å². The number of hydrogen-bond acceptors (Lipinski definition) is 4. The molecule has 118 valence electrons. The van der Waals surface area contributed by atoms with Crippen LogP contribution in [0.5, 0.6) is 0 Å². The Kier molecular flexibility index (Phi) is 6.20. The van der Waals surface area contributed by atoms with Crippen molar-refractivity contribution in [2.75, 3.05) is 40.0 Å². The molecule has 5 nitrogen and oxygen atoms in total. The molecular formula is C14H26FNO4. The lowest BCUT2D eigenvalue weighted by Gasteiger charge is -2.37. The quantitative estimate of drug-likeness (QED) is 0.730. The van der Waals surface area contributed by atoms with Gasteiger partial charge in [-0.1, -0.05) is 0 Å². The molecule has 1 heterocycles. The topological polar surface area (TPSA) is 48.0 Å². The Balaban J connectivity index is 2.46. The molecule has 1 atom stereocenters. The fraction of sp³-hybridized carbons (Fsp3) is 0.929. The number of nitrogens with zero attached hydrogens (tertiary/aromatic N) is 1. The molecule has 0 N–H and O–H groups in total. The molecule has 1 aliphatic heterocycles. The Hall–Kier alpha value is -0.880. The summed E-state index contributed by atoms with van der Waals surface area (Å²) in [7, 11) is 1.57. The van der Waals surface area contributed by atoms with Gasteiger partial charge in [-0.15, -0.1) is 0 Å². The van der Waals surface area contributed by atoms with Gasteiger partial charge in [0.05, 0.1) is 26.4 Å². The zero-order valence-corrected chi connectivity index (χ0v) is 12.9. The van der Waals surface area contributed by atoms with E-state index < -0.39 is 17.4 Å². The Morgan fingerprint density at radius 2 is 2.05 bits per heavy atom. The van der Waals surface area contributed by atoms with Gasteiger partial charge in [-0.3, -0.25) is 0 Å². The Bertz CT molecular complexity index is 319. The molecule has 1 saturated heterocycles. The summed E-state index contributed by atoms with van der Waals surface area (Å²) in [4.78, 5) is 13.4. The van der Waals surface area contributed by atoms with Crippen LogP contribution in [0.2, 0.25) is 0 Å². The number of ether oxygens (including phenoxy) is 3. The van der Waals surface area contributed by atoms with Crippen LogP contribution in [0.15, 0.2) is 0 Å². The second kappa shape index (κ2) is 7.22. The summed E-state index contributed by atoms with van der Waals surface area (Å²) in [6, 6.07) is 0. The van der Waals surface area contributed by atoms with Crippen molar-refractivity contribution in [1.82, 2.24) is 4.90 Å². The van der Waals surface area contributed by atoms with E-state index in [-0.39, 0.29) is 13.2 Å². The number of alkyl halides is 1. The lowest BCUT2D eigenvalue weighted by Crippen LogP contribution is -2.51.